The molecule has 1 aliphatic heterocycles. The molecule has 0 fully saturated rings. The topological polar surface area (TPSA) is 74.1 Å². The molecule has 0 spiro atoms. The summed E-state index contributed by atoms with van der Waals surface area (Å²) in [5.74, 6) is 2.76. The highest BCUT2D eigenvalue weighted by atomic mass is 35.5. The van der Waals surface area contributed by atoms with Gasteiger partial charge in [-0.05, 0) is 35.4 Å². The minimum Gasteiger partial charge on any atom is -0.454 e. The van der Waals surface area contributed by atoms with Crippen LogP contribution in [0.2, 0.25) is 5.02 Å². The second-order valence-corrected chi connectivity index (χ2v) is 6.89. The van der Waals surface area contributed by atoms with Gasteiger partial charge in [0.15, 0.2) is 11.5 Å². The Balaban J connectivity index is 0.00000218. The maximum atomic E-state index is 6.04. The highest BCUT2D eigenvalue weighted by molar-refractivity contribution is 6.30. The van der Waals surface area contributed by atoms with Gasteiger partial charge in [-0.1, -0.05) is 29.8 Å². The van der Waals surface area contributed by atoms with Crippen LogP contribution in [-0.4, -0.2) is 26.3 Å². The van der Waals surface area contributed by atoms with Crippen molar-refractivity contribution in [3.63, 3.8) is 0 Å². The molecule has 0 atom stereocenters. The average molecular weight is 442 g/mol. The number of ether oxygens (including phenoxy) is 2. The summed E-state index contributed by atoms with van der Waals surface area (Å²) in [6.45, 7) is 0.824. The number of nitrogens with zero attached hydrogens (tertiary/aromatic N) is 4. The van der Waals surface area contributed by atoms with Crippen LogP contribution in [0.15, 0.2) is 67.4 Å². The Bertz CT molecular complexity index is 1150. The van der Waals surface area contributed by atoms with Crippen LogP contribution in [0.25, 0.3) is 17.1 Å². The first-order valence-electron chi connectivity index (χ1n) is 9.00. The number of halogens is 2. The summed E-state index contributed by atoms with van der Waals surface area (Å²) >= 11 is 6.04. The third kappa shape index (κ3) is 4.03. The number of rotatable bonds is 5. The first kappa shape index (κ1) is 20.0. The van der Waals surface area contributed by atoms with E-state index in [2.05, 4.69) is 15.3 Å². The van der Waals surface area contributed by atoms with Crippen molar-refractivity contribution in [1.29, 1.82) is 0 Å². The number of nitrogens with one attached hydrogen (secondary N) is 1. The molecule has 9 heteroatoms. The van der Waals surface area contributed by atoms with E-state index in [0.29, 0.717) is 23.3 Å². The summed E-state index contributed by atoms with van der Waals surface area (Å²) in [6, 6.07) is 13.5. The lowest BCUT2D eigenvalue weighted by Crippen LogP contribution is -2.07. The minimum absolute atomic E-state index is 0. The smallest absolute Gasteiger partial charge is 0.236 e. The maximum absolute atomic E-state index is 6.04. The van der Waals surface area contributed by atoms with E-state index in [1.54, 1.807) is 29.5 Å². The quantitative estimate of drug-likeness (QED) is 0.481. The standard InChI is InChI=1S/C21H16ClN5O2.ClH/c22-16-4-2-15(3-5-16)17-11-25-21(27-8-7-23-12-27)26-20(17)24-10-14-1-6-18-19(9-14)29-13-28-18;/h1-9,11-12H,10,13H2,(H,24,25,26);1H. The van der Waals surface area contributed by atoms with Gasteiger partial charge in [0.25, 0.3) is 0 Å². The maximum Gasteiger partial charge on any atom is 0.236 e. The number of hydrogen-bond acceptors (Lipinski definition) is 6. The van der Waals surface area contributed by atoms with Gasteiger partial charge in [-0.25, -0.2) is 9.97 Å². The van der Waals surface area contributed by atoms with Crippen molar-refractivity contribution in [2.24, 2.45) is 0 Å². The molecule has 7 nitrogen and oxygen atoms in total. The predicted molar refractivity (Wildman–Crippen MR) is 117 cm³/mol. The van der Waals surface area contributed by atoms with Crippen molar-refractivity contribution in [3.05, 3.63) is 78.0 Å². The van der Waals surface area contributed by atoms with Gasteiger partial charge in [0.1, 0.15) is 12.1 Å². The first-order chi connectivity index (χ1) is 14.3. The molecule has 3 heterocycles. The van der Waals surface area contributed by atoms with Crippen LogP contribution in [-0.2, 0) is 6.54 Å². The summed E-state index contributed by atoms with van der Waals surface area (Å²) < 4.78 is 12.6. The van der Waals surface area contributed by atoms with Crippen LogP contribution >= 0.6 is 24.0 Å². The molecule has 30 heavy (non-hydrogen) atoms. The molecular formula is C21H17Cl2N5O2. The van der Waals surface area contributed by atoms with Gasteiger partial charge < -0.3 is 14.8 Å². The average Bonchev–Trinajstić information content (AvgIpc) is 3.44. The number of aromatic nitrogens is 4. The van der Waals surface area contributed by atoms with E-state index in [9.17, 15) is 0 Å². The zero-order valence-corrected chi connectivity index (χ0v) is 17.2. The van der Waals surface area contributed by atoms with Crippen LogP contribution in [0.3, 0.4) is 0 Å². The zero-order valence-electron chi connectivity index (χ0n) is 15.7. The van der Waals surface area contributed by atoms with Crippen molar-refractivity contribution in [2.45, 2.75) is 6.54 Å². The zero-order chi connectivity index (χ0) is 19.6. The van der Waals surface area contributed by atoms with Gasteiger partial charge in [-0.15, -0.1) is 12.4 Å². The largest absolute Gasteiger partial charge is 0.454 e. The van der Waals surface area contributed by atoms with Crippen LogP contribution in [0, 0.1) is 0 Å². The lowest BCUT2D eigenvalue weighted by atomic mass is 10.1. The highest BCUT2D eigenvalue weighted by Crippen LogP contribution is 2.33. The summed E-state index contributed by atoms with van der Waals surface area (Å²) in [7, 11) is 0. The molecule has 5 rings (SSSR count). The highest BCUT2D eigenvalue weighted by Gasteiger charge is 2.14. The predicted octanol–water partition coefficient (Wildman–Crippen LogP) is 4.75. The number of fused-ring (bicyclic) bond motifs is 1. The van der Waals surface area contributed by atoms with Crippen LogP contribution in [0.4, 0.5) is 5.82 Å². The summed E-state index contributed by atoms with van der Waals surface area (Å²) in [5, 5.41) is 4.10. The van der Waals surface area contributed by atoms with Gasteiger partial charge in [0.05, 0.1) is 0 Å². The fourth-order valence-corrected chi connectivity index (χ4v) is 3.21. The third-order valence-corrected chi connectivity index (χ3v) is 4.82. The molecule has 0 saturated carbocycles. The monoisotopic (exact) mass is 441 g/mol. The number of anilines is 1. The van der Waals surface area contributed by atoms with Gasteiger partial charge >= 0.3 is 0 Å². The molecule has 4 aromatic rings. The van der Waals surface area contributed by atoms with Gasteiger partial charge in [-0.3, -0.25) is 4.57 Å². The molecule has 0 aliphatic carbocycles. The Kier molecular flexibility index (Phi) is 5.74. The second kappa shape index (κ2) is 8.61. The van der Waals surface area contributed by atoms with E-state index in [-0.39, 0.29) is 19.2 Å². The van der Waals surface area contributed by atoms with Crippen molar-refractivity contribution >= 4 is 29.8 Å². The Morgan fingerprint density at radius 3 is 2.70 bits per heavy atom. The van der Waals surface area contributed by atoms with Crippen molar-refractivity contribution in [3.8, 4) is 28.6 Å². The lowest BCUT2D eigenvalue weighted by molar-refractivity contribution is 0.174. The fourth-order valence-electron chi connectivity index (χ4n) is 3.09. The normalized spacial score (nSPS) is 11.8. The summed E-state index contributed by atoms with van der Waals surface area (Å²) in [4.78, 5) is 13.3. The molecule has 0 bridgehead atoms. The van der Waals surface area contributed by atoms with Gasteiger partial charge in [0.2, 0.25) is 12.7 Å². The Hall–Kier alpha value is -3.29. The minimum atomic E-state index is 0. The Labute approximate surface area is 184 Å². The molecule has 2 aromatic heterocycles. The van der Waals surface area contributed by atoms with Crippen molar-refractivity contribution in [2.75, 3.05) is 12.1 Å². The van der Waals surface area contributed by atoms with E-state index >= 15 is 0 Å². The summed E-state index contributed by atoms with van der Waals surface area (Å²) in [6.07, 6.45) is 6.96. The van der Waals surface area contributed by atoms with E-state index in [4.69, 9.17) is 26.1 Å². The van der Waals surface area contributed by atoms with Crippen molar-refractivity contribution in [1.82, 2.24) is 19.5 Å². The second-order valence-electron chi connectivity index (χ2n) is 6.45. The Morgan fingerprint density at radius 2 is 1.90 bits per heavy atom. The number of benzene rings is 2. The van der Waals surface area contributed by atoms with Gasteiger partial charge in [-0.2, -0.15) is 4.98 Å². The lowest BCUT2D eigenvalue weighted by Gasteiger charge is -2.13. The molecule has 2 aromatic carbocycles. The van der Waals surface area contributed by atoms with E-state index < -0.39 is 0 Å². The SMILES string of the molecule is Cl.Clc1ccc(-c2cnc(-n3ccnc3)nc2NCc2ccc3c(c2)OCO3)cc1. The van der Waals surface area contributed by atoms with Crippen LogP contribution in [0.5, 0.6) is 11.5 Å². The molecule has 0 amide bonds. The van der Waals surface area contributed by atoms with Crippen LogP contribution in [0.1, 0.15) is 5.56 Å². The Morgan fingerprint density at radius 1 is 1.07 bits per heavy atom. The fraction of sp³-hybridized carbons (Fsp3) is 0.0952. The van der Waals surface area contributed by atoms with Crippen LogP contribution < -0.4 is 14.8 Å². The molecule has 0 saturated heterocycles. The van der Waals surface area contributed by atoms with E-state index in [0.717, 1.165) is 28.2 Å². The molecule has 1 N–H and O–H groups in total. The molecule has 1 aliphatic rings. The molecule has 152 valence electrons. The van der Waals surface area contributed by atoms with Gasteiger partial charge in [0, 0.05) is 35.7 Å². The van der Waals surface area contributed by atoms with Crippen molar-refractivity contribution < 1.29 is 9.47 Å². The molecule has 0 radical (unpaired) electrons. The molecular weight excluding hydrogens is 425 g/mol. The van der Waals surface area contributed by atoms with E-state index in [1.807, 2.05) is 42.5 Å². The molecule has 0 unspecified atom stereocenters. The number of hydrogen-bond donors (Lipinski definition) is 1. The first-order valence-corrected chi connectivity index (χ1v) is 9.38. The summed E-state index contributed by atoms with van der Waals surface area (Å²) in [5.41, 5.74) is 2.91. The number of imidazole rings is 1. The van der Waals surface area contributed by atoms with E-state index in [1.165, 1.54) is 0 Å². The third-order valence-electron chi connectivity index (χ3n) is 4.56.